The van der Waals surface area contributed by atoms with Crippen molar-refractivity contribution < 1.29 is 14.4 Å². The molecule has 0 aliphatic carbocycles. The van der Waals surface area contributed by atoms with Crippen LogP contribution in [0.3, 0.4) is 0 Å². The third-order valence-electron chi connectivity index (χ3n) is 3.90. The Morgan fingerprint density at radius 3 is 2.71 bits per heavy atom. The van der Waals surface area contributed by atoms with Gasteiger partial charge < -0.3 is 14.6 Å². The van der Waals surface area contributed by atoms with E-state index in [1.807, 2.05) is 27.0 Å². The Kier molecular flexibility index (Phi) is 5.01. The van der Waals surface area contributed by atoms with E-state index in [0.29, 0.717) is 12.2 Å². The SMILES string of the molecule is CCOC(=O)c1c(C)[nH]c(/C=N/N2CC[NH+](C)CC2)c1C. The number of esters is 1. The maximum absolute atomic E-state index is 11.9. The van der Waals surface area contributed by atoms with Gasteiger partial charge in [-0.05, 0) is 26.3 Å². The molecule has 6 heteroatoms. The van der Waals surface area contributed by atoms with Crippen molar-refractivity contribution in [1.29, 1.82) is 0 Å². The van der Waals surface area contributed by atoms with Crippen molar-refractivity contribution in [3.05, 3.63) is 22.5 Å². The number of hydrogen-bond donors (Lipinski definition) is 2. The first kappa shape index (κ1) is 15.6. The summed E-state index contributed by atoms with van der Waals surface area (Å²) in [7, 11) is 2.20. The summed E-state index contributed by atoms with van der Waals surface area (Å²) in [5.41, 5.74) is 3.23. The molecule has 1 aliphatic heterocycles. The second kappa shape index (κ2) is 6.76. The Hall–Kier alpha value is -1.82. The number of likely N-dealkylation sites (N-methyl/N-ethyl adjacent to an activating group) is 1. The van der Waals surface area contributed by atoms with Gasteiger partial charge in [-0.25, -0.2) is 4.79 Å². The molecule has 0 aromatic carbocycles. The van der Waals surface area contributed by atoms with Gasteiger partial charge in [0.25, 0.3) is 0 Å². The lowest BCUT2D eigenvalue weighted by Crippen LogP contribution is -3.11. The minimum absolute atomic E-state index is 0.272. The molecule has 0 atom stereocenters. The summed E-state index contributed by atoms with van der Waals surface area (Å²) in [6, 6.07) is 0. The zero-order valence-electron chi connectivity index (χ0n) is 13.3. The quantitative estimate of drug-likeness (QED) is 0.605. The third-order valence-corrected chi connectivity index (χ3v) is 3.90. The van der Waals surface area contributed by atoms with Gasteiger partial charge in [0.15, 0.2) is 0 Å². The first-order valence-electron chi connectivity index (χ1n) is 7.49. The number of carbonyl (C=O) groups excluding carboxylic acids is 1. The predicted molar refractivity (Wildman–Crippen MR) is 82.0 cm³/mol. The summed E-state index contributed by atoms with van der Waals surface area (Å²) in [6.45, 7) is 10.1. The molecule has 0 unspecified atom stereocenters. The Morgan fingerprint density at radius 2 is 2.10 bits per heavy atom. The molecule has 1 aromatic rings. The lowest BCUT2D eigenvalue weighted by molar-refractivity contribution is -0.884. The zero-order chi connectivity index (χ0) is 15.4. The molecular formula is C15H25N4O2+. The Bertz CT molecular complexity index is 528. The zero-order valence-corrected chi connectivity index (χ0v) is 13.3. The summed E-state index contributed by atoms with van der Waals surface area (Å²) in [6.07, 6.45) is 1.81. The van der Waals surface area contributed by atoms with E-state index < -0.39 is 0 Å². The van der Waals surface area contributed by atoms with Crippen molar-refractivity contribution in [3.63, 3.8) is 0 Å². The average molecular weight is 293 g/mol. The molecule has 1 saturated heterocycles. The van der Waals surface area contributed by atoms with E-state index in [0.717, 1.165) is 43.1 Å². The molecule has 21 heavy (non-hydrogen) atoms. The topological polar surface area (TPSA) is 62.1 Å². The Labute approximate surface area is 125 Å². The smallest absolute Gasteiger partial charge is 0.340 e. The molecule has 1 fully saturated rings. The summed E-state index contributed by atoms with van der Waals surface area (Å²) < 4.78 is 5.09. The first-order valence-corrected chi connectivity index (χ1v) is 7.49. The van der Waals surface area contributed by atoms with E-state index in [2.05, 4.69) is 22.1 Å². The van der Waals surface area contributed by atoms with Crippen LogP contribution in [-0.2, 0) is 4.74 Å². The van der Waals surface area contributed by atoms with Crippen molar-refractivity contribution in [2.24, 2.45) is 5.10 Å². The number of piperazine rings is 1. The minimum Gasteiger partial charge on any atom is -0.462 e. The number of aromatic nitrogens is 1. The van der Waals surface area contributed by atoms with Gasteiger partial charge in [0.05, 0.1) is 57.3 Å². The number of H-pyrrole nitrogens is 1. The van der Waals surface area contributed by atoms with E-state index in [1.165, 1.54) is 4.90 Å². The number of hydrogen-bond acceptors (Lipinski definition) is 4. The van der Waals surface area contributed by atoms with Crippen LogP contribution in [0.2, 0.25) is 0 Å². The van der Waals surface area contributed by atoms with Crippen LogP contribution in [0.1, 0.15) is 34.2 Å². The van der Waals surface area contributed by atoms with Crippen molar-refractivity contribution in [3.8, 4) is 0 Å². The second-order valence-corrected chi connectivity index (χ2v) is 5.54. The molecule has 6 nitrogen and oxygen atoms in total. The van der Waals surface area contributed by atoms with E-state index in [-0.39, 0.29) is 5.97 Å². The standard InChI is InChI=1S/C15H24N4O2/c1-5-21-15(20)14-11(2)13(17-12(14)3)10-16-19-8-6-18(4)7-9-19/h10,17H,5-9H2,1-4H3/p+1/b16-10+. The van der Waals surface area contributed by atoms with Crippen LogP contribution in [0.5, 0.6) is 0 Å². The van der Waals surface area contributed by atoms with Crippen LogP contribution in [0.4, 0.5) is 0 Å². The van der Waals surface area contributed by atoms with Crippen LogP contribution < -0.4 is 4.90 Å². The van der Waals surface area contributed by atoms with Crippen LogP contribution in [0.15, 0.2) is 5.10 Å². The molecule has 0 spiro atoms. The lowest BCUT2D eigenvalue weighted by atomic mass is 10.1. The van der Waals surface area contributed by atoms with Crippen molar-refractivity contribution in [2.75, 3.05) is 39.8 Å². The number of ether oxygens (including phenoxy) is 1. The highest BCUT2D eigenvalue weighted by atomic mass is 16.5. The van der Waals surface area contributed by atoms with Crippen LogP contribution in [-0.4, -0.2) is 62.0 Å². The Morgan fingerprint density at radius 1 is 1.43 bits per heavy atom. The number of rotatable bonds is 4. The third kappa shape index (κ3) is 3.64. The number of nitrogens with zero attached hydrogens (tertiary/aromatic N) is 2. The van der Waals surface area contributed by atoms with Crippen molar-refractivity contribution >= 4 is 12.2 Å². The Balaban J connectivity index is 2.10. The van der Waals surface area contributed by atoms with E-state index in [9.17, 15) is 4.79 Å². The summed E-state index contributed by atoms with van der Waals surface area (Å²) in [5.74, 6) is -0.272. The first-order chi connectivity index (χ1) is 10.0. The van der Waals surface area contributed by atoms with Gasteiger partial charge in [0.1, 0.15) is 0 Å². The average Bonchev–Trinajstić information content (AvgIpc) is 2.73. The van der Waals surface area contributed by atoms with Crippen molar-refractivity contribution in [2.45, 2.75) is 20.8 Å². The maximum atomic E-state index is 11.9. The number of aryl methyl sites for hydroxylation is 1. The largest absolute Gasteiger partial charge is 0.462 e. The number of carbonyl (C=O) groups is 1. The van der Waals surface area contributed by atoms with E-state index >= 15 is 0 Å². The molecule has 116 valence electrons. The van der Waals surface area contributed by atoms with Gasteiger partial charge in [-0.2, -0.15) is 5.10 Å². The monoisotopic (exact) mass is 293 g/mol. The predicted octanol–water partition coefficient (Wildman–Crippen LogP) is -0.0276. The van der Waals surface area contributed by atoms with Crippen LogP contribution in [0.25, 0.3) is 0 Å². The van der Waals surface area contributed by atoms with Gasteiger partial charge >= 0.3 is 5.97 Å². The molecule has 2 heterocycles. The van der Waals surface area contributed by atoms with Gasteiger partial charge in [0, 0.05) is 5.69 Å². The molecule has 0 amide bonds. The van der Waals surface area contributed by atoms with Crippen LogP contribution in [0, 0.1) is 13.8 Å². The summed E-state index contributed by atoms with van der Waals surface area (Å²) in [5, 5.41) is 6.60. The van der Waals surface area contributed by atoms with Crippen LogP contribution >= 0.6 is 0 Å². The number of nitrogens with one attached hydrogen (secondary N) is 2. The molecule has 0 saturated carbocycles. The molecule has 2 N–H and O–H groups in total. The molecule has 1 aromatic heterocycles. The second-order valence-electron chi connectivity index (χ2n) is 5.54. The van der Waals surface area contributed by atoms with E-state index in [4.69, 9.17) is 4.74 Å². The highest BCUT2D eigenvalue weighted by Gasteiger charge is 2.19. The molecule has 1 aliphatic rings. The molecule has 0 radical (unpaired) electrons. The fraction of sp³-hybridized carbons (Fsp3) is 0.600. The fourth-order valence-electron chi connectivity index (χ4n) is 2.54. The minimum atomic E-state index is -0.272. The van der Waals surface area contributed by atoms with Gasteiger partial charge in [-0.1, -0.05) is 0 Å². The summed E-state index contributed by atoms with van der Waals surface area (Å²) >= 11 is 0. The summed E-state index contributed by atoms with van der Waals surface area (Å²) in [4.78, 5) is 16.7. The highest BCUT2D eigenvalue weighted by Crippen LogP contribution is 2.17. The lowest BCUT2D eigenvalue weighted by Gasteiger charge is -2.27. The maximum Gasteiger partial charge on any atom is 0.340 e. The number of hydrazone groups is 1. The van der Waals surface area contributed by atoms with Gasteiger partial charge in [-0.15, -0.1) is 0 Å². The number of quaternary nitrogens is 1. The molecular weight excluding hydrogens is 268 g/mol. The highest BCUT2D eigenvalue weighted by molar-refractivity contribution is 5.96. The van der Waals surface area contributed by atoms with Crippen molar-refractivity contribution in [1.82, 2.24) is 9.99 Å². The van der Waals surface area contributed by atoms with Gasteiger partial charge in [-0.3, -0.25) is 5.01 Å². The molecule has 2 rings (SSSR count). The normalized spacial score (nSPS) is 16.7. The van der Waals surface area contributed by atoms with Gasteiger partial charge in [0.2, 0.25) is 0 Å². The molecule has 0 bridgehead atoms. The van der Waals surface area contributed by atoms with E-state index in [1.54, 1.807) is 0 Å². The number of aromatic amines is 1. The fourth-order valence-corrected chi connectivity index (χ4v) is 2.54.